The summed E-state index contributed by atoms with van der Waals surface area (Å²) in [5, 5.41) is 6.91. The molecule has 1 aromatic heterocycles. The number of amides is 1. The van der Waals surface area contributed by atoms with Crippen LogP contribution in [0.1, 0.15) is 31.3 Å². The largest absolute Gasteiger partial charge is 0.350 e. The average Bonchev–Trinajstić information content (AvgIpc) is 2.95. The summed E-state index contributed by atoms with van der Waals surface area (Å²) in [6.45, 7) is 4.87. The summed E-state index contributed by atoms with van der Waals surface area (Å²) in [4.78, 5) is 12.0. The summed E-state index contributed by atoms with van der Waals surface area (Å²) >= 11 is 5.92. The Morgan fingerprint density at radius 2 is 2.00 bits per heavy atom. The number of aromatic nitrogens is 1. The van der Waals surface area contributed by atoms with Crippen LogP contribution in [0.25, 0.3) is 11.3 Å². The van der Waals surface area contributed by atoms with Crippen molar-refractivity contribution in [2.45, 2.75) is 25.5 Å². The zero-order valence-corrected chi connectivity index (χ0v) is 15.2. The molecule has 0 aliphatic rings. The SMILES string of the molecule is CC(C)(C)S(=O)(=O)CCNC(=O)c1cc(-c2cccc(Cl)c2)no1. The molecule has 0 aliphatic carbocycles. The van der Waals surface area contributed by atoms with Crippen LogP contribution in [-0.4, -0.2) is 36.5 Å². The zero-order valence-electron chi connectivity index (χ0n) is 13.7. The van der Waals surface area contributed by atoms with E-state index < -0.39 is 20.5 Å². The summed E-state index contributed by atoms with van der Waals surface area (Å²) in [6, 6.07) is 8.48. The minimum Gasteiger partial charge on any atom is -0.350 e. The molecular weight excluding hydrogens is 352 g/mol. The van der Waals surface area contributed by atoms with Crippen molar-refractivity contribution in [3.63, 3.8) is 0 Å². The van der Waals surface area contributed by atoms with E-state index in [0.717, 1.165) is 5.56 Å². The molecule has 0 bridgehead atoms. The number of sulfone groups is 1. The van der Waals surface area contributed by atoms with E-state index in [-0.39, 0.29) is 18.1 Å². The number of carbonyl (C=O) groups is 1. The van der Waals surface area contributed by atoms with E-state index in [1.54, 1.807) is 45.0 Å². The highest BCUT2D eigenvalue weighted by Gasteiger charge is 2.28. The van der Waals surface area contributed by atoms with E-state index in [4.69, 9.17) is 16.1 Å². The summed E-state index contributed by atoms with van der Waals surface area (Å²) in [7, 11) is -3.29. The van der Waals surface area contributed by atoms with Gasteiger partial charge in [0, 0.05) is 23.2 Å². The van der Waals surface area contributed by atoms with Crippen molar-refractivity contribution in [2.75, 3.05) is 12.3 Å². The fraction of sp³-hybridized carbons (Fsp3) is 0.375. The lowest BCUT2D eigenvalue weighted by atomic mass is 10.1. The van der Waals surface area contributed by atoms with E-state index in [1.165, 1.54) is 6.07 Å². The summed E-state index contributed by atoms with van der Waals surface area (Å²) in [5.74, 6) is -0.643. The molecule has 0 saturated heterocycles. The molecule has 8 heteroatoms. The molecule has 0 atom stereocenters. The highest BCUT2D eigenvalue weighted by Crippen LogP contribution is 2.22. The summed E-state index contributed by atoms with van der Waals surface area (Å²) in [6.07, 6.45) is 0. The van der Waals surface area contributed by atoms with Crippen LogP contribution in [-0.2, 0) is 9.84 Å². The van der Waals surface area contributed by atoms with Gasteiger partial charge in [-0.3, -0.25) is 4.79 Å². The van der Waals surface area contributed by atoms with Gasteiger partial charge in [0.25, 0.3) is 5.91 Å². The molecule has 0 saturated carbocycles. The van der Waals surface area contributed by atoms with Gasteiger partial charge in [-0.25, -0.2) is 8.42 Å². The monoisotopic (exact) mass is 370 g/mol. The predicted molar refractivity (Wildman–Crippen MR) is 92.8 cm³/mol. The van der Waals surface area contributed by atoms with Crippen LogP contribution in [0.5, 0.6) is 0 Å². The second kappa shape index (κ2) is 6.94. The Morgan fingerprint density at radius 1 is 1.29 bits per heavy atom. The van der Waals surface area contributed by atoms with Crippen molar-refractivity contribution in [1.82, 2.24) is 10.5 Å². The van der Waals surface area contributed by atoms with Gasteiger partial charge in [-0.05, 0) is 32.9 Å². The zero-order chi connectivity index (χ0) is 18.0. The molecule has 0 aliphatic heterocycles. The fourth-order valence-corrected chi connectivity index (χ4v) is 3.03. The normalized spacial score (nSPS) is 12.2. The first kappa shape index (κ1) is 18.5. The van der Waals surface area contributed by atoms with Crippen LogP contribution < -0.4 is 5.32 Å². The molecule has 0 fully saturated rings. The summed E-state index contributed by atoms with van der Waals surface area (Å²) in [5.41, 5.74) is 1.20. The van der Waals surface area contributed by atoms with Crippen LogP contribution in [0, 0.1) is 0 Å². The molecule has 6 nitrogen and oxygen atoms in total. The molecule has 1 aromatic carbocycles. The second-order valence-electron chi connectivity index (χ2n) is 6.27. The van der Waals surface area contributed by atoms with Crippen molar-refractivity contribution in [2.24, 2.45) is 0 Å². The molecule has 0 unspecified atom stereocenters. The molecule has 1 heterocycles. The fourth-order valence-electron chi connectivity index (χ4n) is 1.86. The van der Waals surface area contributed by atoms with E-state index >= 15 is 0 Å². The quantitative estimate of drug-likeness (QED) is 0.873. The number of hydrogen-bond acceptors (Lipinski definition) is 5. The Morgan fingerprint density at radius 3 is 2.62 bits per heavy atom. The van der Waals surface area contributed by atoms with E-state index in [1.807, 2.05) is 0 Å². The third-order valence-electron chi connectivity index (χ3n) is 3.44. The van der Waals surface area contributed by atoms with Crippen LogP contribution in [0.4, 0.5) is 0 Å². The second-order valence-corrected chi connectivity index (χ2v) is 9.57. The maximum atomic E-state index is 12.0. The minimum absolute atomic E-state index is 0.00559. The lowest BCUT2D eigenvalue weighted by molar-refractivity contribution is 0.0919. The number of rotatable bonds is 5. The molecule has 2 rings (SSSR count). The number of carbonyl (C=O) groups excluding carboxylic acids is 1. The Kier molecular flexibility index (Phi) is 5.35. The van der Waals surface area contributed by atoms with Crippen molar-refractivity contribution >= 4 is 27.3 Å². The van der Waals surface area contributed by atoms with Crippen LogP contribution in [0.15, 0.2) is 34.9 Å². The smallest absolute Gasteiger partial charge is 0.289 e. The minimum atomic E-state index is -3.29. The van der Waals surface area contributed by atoms with Crippen LogP contribution in [0.2, 0.25) is 5.02 Å². The predicted octanol–water partition coefficient (Wildman–Crippen LogP) is 2.94. The van der Waals surface area contributed by atoms with Gasteiger partial charge in [0.1, 0.15) is 5.69 Å². The van der Waals surface area contributed by atoms with Gasteiger partial charge in [-0.15, -0.1) is 0 Å². The first-order valence-corrected chi connectivity index (χ1v) is 9.36. The first-order valence-electron chi connectivity index (χ1n) is 7.33. The maximum Gasteiger partial charge on any atom is 0.289 e. The Labute approximate surface area is 146 Å². The Balaban J connectivity index is 2.00. The average molecular weight is 371 g/mol. The molecule has 0 spiro atoms. The van der Waals surface area contributed by atoms with Crippen LogP contribution in [0.3, 0.4) is 0 Å². The molecule has 2 aromatic rings. The number of halogens is 1. The van der Waals surface area contributed by atoms with Crippen molar-refractivity contribution in [3.05, 3.63) is 41.1 Å². The van der Waals surface area contributed by atoms with Gasteiger partial charge in [-0.1, -0.05) is 28.9 Å². The van der Waals surface area contributed by atoms with Crippen molar-refractivity contribution in [1.29, 1.82) is 0 Å². The van der Waals surface area contributed by atoms with Gasteiger partial charge >= 0.3 is 0 Å². The molecule has 130 valence electrons. The van der Waals surface area contributed by atoms with Gasteiger partial charge in [0.2, 0.25) is 5.76 Å². The summed E-state index contributed by atoms with van der Waals surface area (Å²) < 4.78 is 28.1. The molecular formula is C16H19ClN2O4S. The molecule has 0 radical (unpaired) electrons. The molecule has 1 N–H and O–H groups in total. The van der Waals surface area contributed by atoms with Gasteiger partial charge < -0.3 is 9.84 Å². The highest BCUT2D eigenvalue weighted by atomic mass is 35.5. The molecule has 1 amide bonds. The number of nitrogens with zero attached hydrogens (tertiary/aromatic N) is 1. The van der Waals surface area contributed by atoms with Gasteiger partial charge in [0.05, 0.1) is 10.5 Å². The first-order chi connectivity index (χ1) is 11.1. The Bertz CT molecular complexity index is 838. The maximum absolute atomic E-state index is 12.0. The van der Waals surface area contributed by atoms with Crippen LogP contribution >= 0.6 is 11.6 Å². The standard InChI is InChI=1S/C16H19ClN2O4S/c1-16(2,3)24(21,22)8-7-18-15(20)14-10-13(19-23-14)11-5-4-6-12(17)9-11/h4-6,9-10H,7-8H2,1-3H3,(H,18,20). The Hall–Kier alpha value is -1.86. The van der Waals surface area contributed by atoms with E-state index in [0.29, 0.717) is 10.7 Å². The van der Waals surface area contributed by atoms with Gasteiger partial charge in [-0.2, -0.15) is 0 Å². The lowest BCUT2D eigenvalue weighted by Crippen LogP contribution is -2.36. The third kappa shape index (κ3) is 4.36. The van der Waals surface area contributed by atoms with Crippen molar-refractivity contribution < 1.29 is 17.7 Å². The number of nitrogens with one attached hydrogen (secondary N) is 1. The number of benzene rings is 1. The highest BCUT2D eigenvalue weighted by molar-refractivity contribution is 7.92. The van der Waals surface area contributed by atoms with Crippen molar-refractivity contribution in [3.8, 4) is 11.3 Å². The molecule has 24 heavy (non-hydrogen) atoms. The van der Waals surface area contributed by atoms with E-state index in [2.05, 4.69) is 10.5 Å². The number of hydrogen-bond donors (Lipinski definition) is 1. The topological polar surface area (TPSA) is 89.3 Å². The van der Waals surface area contributed by atoms with Gasteiger partial charge in [0.15, 0.2) is 9.84 Å². The lowest BCUT2D eigenvalue weighted by Gasteiger charge is -2.18. The third-order valence-corrected chi connectivity index (χ3v) is 6.29. The van der Waals surface area contributed by atoms with E-state index in [9.17, 15) is 13.2 Å².